The minimum Gasteiger partial charge on any atom is -0.512 e. The molecule has 18 heavy (non-hydrogen) atoms. The van der Waals surface area contributed by atoms with Crippen molar-refractivity contribution < 1.29 is 19.3 Å². The maximum Gasteiger partial charge on any atom is 0.104 e. The molecule has 0 aromatic rings. The first-order valence-electron chi connectivity index (χ1n) is 6.45. The van der Waals surface area contributed by atoms with E-state index in [-0.39, 0.29) is 5.41 Å². The van der Waals surface area contributed by atoms with Crippen LogP contribution in [0.25, 0.3) is 0 Å². The third-order valence-corrected chi connectivity index (χ3v) is 3.12. The Balaban J connectivity index is 0.000000134. The zero-order chi connectivity index (χ0) is 13.0. The lowest BCUT2D eigenvalue weighted by Crippen LogP contribution is -2.14. The Morgan fingerprint density at radius 1 is 1.28 bits per heavy atom. The fourth-order valence-corrected chi connectivity index (χ4v) is 1.51. The molecule has 2 aliphatic heterocycles. The SMILES string of the molecule is C(OCC1CO1)C1CO1.CC1(C)CC=CC=C1O. The van der Waals surface area contributed by atoms with Gasteiger partial charge in [-0.2, -0.15) is 0 Å². The van der Waals surface area contributed by atoms with Crippen molar-refractivity contribution in [3.05, 3.63) is 24.0 Å². The quantitative estimate of drug-likeness (QED) is 0.781. The molecule has 2 saturated heterocycles. The number of epoxide rings is 2. The van der Waals surface area contributed by atoms with Crippen LogP contribution in [-0.2, 0) is 14.2 Å². The van der Waals surface area contributed by atoms with E-state index in [0.29, 0.717) is 18.0 Å². The maximum absolute atomic E-state index is 9.25. The average molecular weight is 254 g/mol. The molecule has 1 N–H and O–H groups in total. The van der Waals surface area contributed by atoms with E-state index in [1.165, 1.54) is 0 Å². The number of aliphatic hydroxyl groups is 1. The Kier molecular flexibility index (Phi) is 4.43. The van der Waals surface area contributed by atoms with Crippen molar-refractivity contribution in [1.29, 1.82) is 0 Å². The first kappa shape index (κ1) is 13.6. The third kappa shape index (κ3) is 4.80. The summed E-state index contributed by atoms with van der Waals surface area (Å²) in [5, 5.41) is 9.25. The van der Waals surface area contributed by atoms with Crippen molar-refractivity contribution in [2.75, 3.05) is 26.4 Å². The van der Waals surface area contributed by atoms with Crippen molar-refractivity contribution in [3.63, 3.8) is 0 Å². The van der Waals surface area contributed by atoms with Crippen LogP contribution in [0.15, 0.2) is 24.0 Å². The highest BCUT2D eigenvalue weighted by Crippen LogP contribution is 2.31. The zero-order valence-corrected chi connectivity index (χ0v) is 11.1. The van der Waals surface area contributed by atoms with Crippen LogP contribution in [0.2, 0.25) is 0 Å². The van der Waals surface area contributed by atoms with E-state index in [9.17, 15) is 5.11 Å². The molecule has 0 saturated carbocycles. The lowest BCUT2D eigenvalue weighted by atomic mass is 9.84. The number of rotatable bonds is 4. The molecule has 0 bridgehead atoms. The molecule has 2 fully saturated rings. The van der Waals surface area contributed by atoms with E-state index < -0.39 is 0 Å². The molecule has 3 aliphatic rings. The molecule has 2 heterocycles. The van der Waals surface area contributed by atoms with Crippen molar-refractivity contribution in [1.82, 2.24) is 0 Å². The molecule has 102 valence electrons. The molecule has 0 aromatic carbocycles. The van der Waals surface area contributed by atoms with Crippen molar-refractivity contribution >= 4 is 0 Å². The van der Waals surface area contributed by atoms with Gasteiger partial charge in [0, 0.05) is 5.41 Å². The highest BCUT2D eigenvalue weighted by molar-refractivity contribution is 5.18. The lowest BCUT2D eigenvalue weighted by Gasteiger charge is -2.23. The Morgan fingerprint density at radius 3 is 2.17 bits per heavy atom. The van der Waals surface area contributed by atoms with E-state index >= 15 is 0 Å². The van der Waals surface area contributed by atoms with Gasteiger partial charge in [0.05, 0.1) is 32.2 Å². The van der Waals surface area contributed by atoms with Gasteiger partial charge in [-0.15, -0.1) is 0 Å². The van der Waals surface area contributed by atoms with Gasteiger partial charge in [-0.3, -0.25) is 0 Å². The summed E-state index contributed by atoms with van der Waals surface area (Å²) in [7, 11) is 0. The van der Waals surface area contributed by atoms with Crippen LogP contribution >= 0.6 is 0 Å². The molecular weight excluding hydrogens is 232 g/mol. The van der Waals surface area contributed by atoms with Gasteiger partial charge >= 0.3 is 0 Å². The normalized spacial score (nSPS) is 31.1. The Hall–Kier alpha value is -0.840. The van der Waals surface area contributed by atoms with Crippen LogP contribution in [0.1, 0.15) is 20.3 Å². The summed E-state index contributed by atoms with van der Waals surface area (Å²) in [6.45, 7) is 7.32. The topological polar surface area (TPSA) is 54.5 Å². The molecule has 0 aromatic heterocycles. The van der Waals surface area contributed by atoms with Crippen LogP contribution in [0.5, 0.6) is 0 Å². The summed E-state index contributed by atoms with van der Waals surface area (Å²) in [5.74, 6) is 0.491. The van der Waals surface area contributed by atoms with Crippen molar-refractivity contribution in [2.45, 2.75) is 32.5 Å². The van der Waals surface area contributed by atoms with E-state index in [1.807, 2.05) is 19.9 Å². The summed E-state index contributed by atoms with van der Waals surface area (Å²) in [5.41, 5.74) is -0.0330. The molecule has 0 spiro atoms. The number of ether oxygens (including phenoxy) is 3. The maximum atomic E-state index is 9.25. The number of allylic oxidation sites excluding steroid dienone is 4. The van der Waals surface area contributed by atoms with E-state index in [4.69, 9.17) is 14.2 Å². The fraction of sp³-hybridized carbons (Fsp3) is 0.714. The Labute approximate surface area is 108 Å². The predicted molar refractivity (Wildman–Crippen MR) is 68.5 cm³/mol. The molecule has 3 rings (SSSR count). The minimum absolute atomic E-state index is 0.0330. The Morgan fingerprint density at radius 2 is 1.83 bits per heavy atom. The largest absolute Gasteiger partial charge is 0.512 e. The van der Waals surface area contributed by atoms with Crippen LogP contribution in [0, 0.1) is 5.41 Å². The molecule has 4 heteroatoms. The van der Waals surface area contributed by atoms with Crippen LogP contribution < -0.4 is 0 Å². The zero-order valence-electron chi connectivity index (χ0n) is 11.1. The van der Waals surface area contributed by atoms with Gasteiger partial charge in [-0.25, -0.2) is 0 Å². The molecular formula is C14H22O4. The summed E-state index contributed by atoms with van der Waals surface area (Å²) in [6, 6.07) is 0. The molecule has 2 unspecified atom stereocenters. The molecule has 0 radical (unpaired) electrons. The highest BCUT2D eigenvalue weighted by atomic mass is 16.6. The van der Waals surface area contributed by atoms with Crippen molar-refractivity contribution in [3.8, 4) is 0 Å². The monoisotopic (exact) mass is 254 g/mol. The second-order valence-electron chi connectivity index (χ2n) is 5.52. The number of hydrogen-bond donors (Lipinski definition) is 1. The molecule has 1 aliphatic carbocycles. The number of aliphatic hydroxyl groups excluding tert-OH is 1. The summed E-state index contributed by atoms with van der Waals surface area (Å²) in [4.78, 5) is 0. The van der Waals surface area contributed by atoms with E-state index in [2.05, 4.69) is 6.08 Å². The summed E-state index contributed by atoms with van der Waals surface area (Å²) >= 11 is 0. The second kappa shape index (κ2) is 5.87. The van der Waals surface area contributed by atoms with Gasteiger partial charge in [-0.05, 0) is 12.5 Å². The summed E-state index contributed by atoms with van der Waals surface area (Å²) < 4.78 is 15.1. The smallest absolute Gasteiger partial charge is 0.104 e. The molecule has 2 atom stereocenters. The van der Waals surface area contributed by atoms with Crippen LogP contribution in [0.4, 0.5) is 0 Å². The standard InChI is InChI=1S/C8H12O.C6H10O3/c1-8(2)6-4-3-5-7(8)9;1(5-3-8-5)7-2-6-4-9-6/h3-5,9H,6H2,1-2H3;5-6H,1-4H2. The third-order valence-electron chi connectivity index (χ3n) is 3.12. The first-order valence-corrected chi connectivity index (χ1v) is 6.45. The van der Waals surface area contributed by atoms with Gasteiger partial charge < -0.3 is 19.3 Å². The van der Waals surface area contributed by atoms with Gasteiger partial charge in [0.1, 0.15) is 12.2 Å². The van der Waals surface area contributed by atoms with Crippen molar-refractivity contribution in [2.24, 2.45) is 5.41 Å². The lowest BCUT2D eigenvalue weighted by molar-refractivity contribution is 0.102. The predicted octanol–water partition coefficient (Wildman–Crippen LogP) is 2.21. The number of hydrogen-bond acceptors (Lipinski definition) is 4. The molecule has 0 amide bonds. The van der Waals surface area contributed by atoms with Gasteiger partial charge in [0.2, 0.25) is 0 Å². The minimum atomic E-state index is -0.0330. The Bertz CT molecular complexity index is 313. The van der Waals surface area contributed by atoms with Gasteiger partial charge in [0.25, 0.3) is 0 Å². The van der Waals surface area contributed by atoms with E-state index in [0.717, 1.165) is 32.8 Å². The first-order chi connectivity index (χ1) is 8.58. The van der Waals surface area contributed by atoms with Crippen LogP contribution in [0.3, 0.4) is 0 Å². The fourth-order valence-electron chi connectivity index (χ4n) is 1.51. The van der Waals surface area contributed by atoms with Gasteiger partial charge in [-0.1, -0.05) is 26.0 Å². The van der Waals surface area contributed by atoms with E-state index in [1.54, 1.807) is 6.08 Å². The molecule has 4 nitrogen and oxygen atoms in total. The second-order valence-corrected chi connectivity index (χ2v) is 5.52. The van der Waals surface area contributed by atoms with Crippen LogP contribution in [-0.4, -0.2) is 43.7 Å². The highest BCUT2D eigenvalue weighted by Gasteiger charge is 2.26. The summed E-state index contributed by atoms with van der Waals surface area (Å²) in [6.07, 6.45) is 7.44. The van der Waals surface area contributed by atoms with Gasteiger partial charge in [0.15, 0.2) is 0 Å². The average Bonchev–Trinajstić information content (AvgIpc) is 3.16.